The van der Waals surface area contributed by atoms with Gasteiger partial charge in [-0.15, -0.1) is 0 Å². The first-order valence-electron chi connectivity index (χ1n) is 6.57. The Hall–Kier alpha value is -2.14. The van der Waals surface area contributed by atoms with Crippen molar-refractivity contribution in [3.8, 4) is 11.6 Å². The molecule has 1 fully saturated rings. The molecule has 0 saturated heterocycles. The van der Waals surface area contributed by atoms with Gasteiger partial charge >= 0.3 is 0 Å². The Morgan fingerprint density at radius 2 is 2.10 bits per heavy atom. The second-order valence-electron chi connectivity index (χ2n) is 4.78. The van der Waals surface area contributed by atoms with Crippen LogP contribution in [0.3, 0.4) is 0 Å². The van der Waals surface area contributed by atoms with Crippen molar-refractivity contribution in [3.63, 3.8) is 0 Å². The molecule has 0 radical (unpaired) electrons. The lowest BCUT2D eigenvalue weighted by molar-refractivity contribution is 0.213. The van der Waals surface area contributed by atoms with Crippen molar-refractivity contribution in [3.05, 3.63) is 47.9 Å². The fraction of sp³-hybridized carbons (Fsp3) is 0.333. The van der Waals surface area contributed by atoms with Crippen LogP contribution in [0.5, 0.6) is 11.6 Å². The summed E-state index contributed by atoms with van der Waals surface area (Å²) < 4.78 is 10.8. The van der Waals surface area contributed by atoms with Crippen molar-refractivity contribution in [2.24, 2.45) is 0 Å². The van der Waals surface area contributed by atoms with Gasteiger partial charge in [0.05, 0.1) is 18.9 Å². The molecule has 20 heavy (non-hydrogen) atoms. The summed E-state index contributed by atoms with van der Waals surface area (Å²) in [4.78, 5) is 8.01. The molecule has 1 heterocycles. The first-order valence-corrected chi connectivity index (χ1v) is 6.57. The standard InChI is InChI=1S/C15H16N2O3/c1-19-14-8-13(16-9-17-14)15(18)10-3-2-4-12(7-10)20-11-5-6-11/h2-4,7-9,11,15,18H,5-6H2,1H3. The van der Waals surface area contributed by atoms with Gasteiger partial charge in [0.2, 0.25) is 5.88 Å². The Kier molecular flexibility index (Phi) is 3.52. The topological polar surface area (TPSA) is 64.5 Å². The van der Waals surface area contributed by atoms with Crippen LogP contribution in [0.4, 0.5) is 0 Å². The minimum Gasteiger partial charge on any atom is -0.490 e. The predicted octanol–water partition coefficient (Wildman–Crippen LogP) is 2.11. The molecule has 1 atom stereocenters. The van der Waals surface area contributed by atoms with E-state index in [0.717, 1.165) is 24.2 Å². The van der Waals surface area contributed by atoms with Crippen molar-refractivity contribution < 1.29 is 14.6 Å². The molecule has 1 saturated carbocycles. The average Bonchev–Trinajstić information content (AvgIpc) is 3.31. The second kappa shape index (κ2) is 5.46. The summed E-state index contributed by atoms with van der Waals surface area (Å²) in [5, 5.41) is 10.4. The van der Waals surface area contributed by atoms with Crippen molar-refractivity contribution >= 4 is 0 Å². The van der Waals surface area contributed by atoms with Gasteiger partial charge in [0.1, 0.15) is 18.2 Å². The van der Waals surface area contributed by atoms with Gasteiger partial charge in [0.15, 0.2) is 0 Å². The molecule has 1 aliphatic rings. The summed E-state index contributed by atoms with van der Waals surface area (Å²) in [5.74, 6) is 1.21. The molecule has 0 aliphatic heterocycles. The zero-order valence-electron chi connectivity index (χ0n) is 11.2. The maximum absolute atomic E-state index is 10.4. The van der Waals surface area contributed by atoms with Crippen molar-refractivity contribution in [1.29, 1.82) is 0 Å². The van der Waals surface area contributed by atoms with Gasteiger partial charge in [-0.25, -0.2) is 9.97 Å². The van der Waals surface area contributed by atoms with Gasteiger partial charge in [-0.05, 0) is 30.5 Å². The molecule has 5 heteroatoms. The summed E-state index contributed by atoms with van der Waals surface area (Å²) >= 11 is 0. The minimum atomic E-state index is -0.824. The molecular weight excluding hydrogens is 256 g/mol. The summed E-state index contributed by atoms with van der Waals surface area (Å²) in [7, 11) is 1.53. The molecule has 3 rings (SSSR count). The number of methoxy groups -OCH3 is 1. The fourth-order valence-electron chi connectivity index (χ4n) is 1.92. The van der Waals surface area contributed by atoms with Crippen LogP contribution in [0.15, 0.2) is 36.7 Å². The van der Waals surface area contributed by atoms with E-state index >= 15 is 0 Å². The van der Waals surface area contributed by atoms with E-state index in [9.17, 15) is 5.11 Å². The van der Waals surface area contributed by atoms with Crippen LogP contribution in [0, 0.1) is 0 Å². The van der Waals surface area contributed by atoms with Crippen LogP contribution in [0.2, 0.25) is 0 Å². The fourth-order valence-corrected chi connectivity index (χ4v) is 1.92. The highest BCUT2D eigenvalue weighted by Gasteiger charge is 2.24. The van der Waals surface area contributed by atoms with Crippen LogP contribution in [0.25, 0.3) is 0 Å². The highest BCUT2D eigenvalue weighted by molar-refractivity contribution is 5.34. The molecule has 104 valence electrons. The van der Waals surface area contributed by atoms with E-state index in [1.807, 2.05) is 24.3 Å². The van der Waals surface area contributed by atoms with Gasteiger partial charge in [0, 0.05) is 6.07 Å². The molecule has 1 aromatic carbocycles. The Morgan fingerprint density at radius 3 is 2.85 bits per heavy atom. The lowest BCUT2D eigenvalue weighted by Gasteiger charge is -2.12. The summed E-state index contributed by atoms with van der Waals surface area (Å²) in [6.45, 7) is 0. The predicted molar refractivity (Wildman–Crippen MR) is 72.7 cm³/mol. The third kappa shape index (κ3) is 2.88. The number of aliphatic hydroxyl groups excluding tert-OH is 1. The van der Waals surface area contributed by atoms with E-state index in [1.54, 1.807) is 6.07 Å². The largest absolute Gasteiger partial charge is 0.490 e. The van der Waals surface area contributed by atoms with E-state index in [4.69, 9.17) is 9.47 Å². The Balaban J connectivity index is 1.82. The summed E-state index contributed by atoms with van der Waals surface area (Å²) in [6.07, 6.45) is 3.10. The van der Waals surface area contributed by atoms with Crippen LogP contribution in [-0.4, -0.2) is 28.3 Å². The Morgan fingerprint density at radius 1 is 1.25 bits per heavy atom. The number of aliphatic hydroxyl groups is 1. The molecule has 0 bridgehead atoms. The highest BCUT2D eigenvalue weighted by Crippen LogP contribution is 2.29. The molecule has 1 unspecified atom stereocenters. The van der Waals surface area contributed by atoms with Gasteiger partial charge in [0.25, 0.3) is 0 Å². The number of hydrogen-bond donors (Lipinski definition) is 1. The van der Waals surface area contributed by atoms with E-state index in [0.29, 0.717) is 17.7 Å². The molecule has 1 aromatic heterocycles. The minimum absolute atomic E-state index is 0.335. The zero-order valence-corrected chi connectivity index (χ0v) is 11.2. The number of benzene rings is 1. The maximum atomic E-state index is 10.4. The molecule has 0 amide bonds. The van der Waals surface area contributed by atoms with Crippen LogP contribution < -0.4 is 9.47 Å². The van der Waals surface area contributed by atoms with Crippen molar-refractivity contribution in [2.75, 3.05) is 7.11 Å². The van der Waals surface area contributed by atoms with Crippen LogP contribution in [-0.2, 0) is 0 Å². The van der Waals surface area contributed by atoms with E-state index in [2.05, 4.69) is 9.97 Å². The normalized spacial score (nSPS) is 15.7. The Labute approximate surface area is 117 Å². The third-order valence-corrected chi connectivity index (χ3v) is 3.15. The smallest absolute Gasteiger partial charge is 0.216 e. The van der Waals surface area contributed by atoms with Gasteiger partial charge in [-0.3, -0.25) is 0 Å². The molecule has 1 aliphatic carbocycles. The zero-order chi connectivity index (χ0) is 13.9. The molecule has 0 spiro atoms. The van der Waals surface area contributed by atoms with E-state index in [1.165, 1.54) is 13.4 Å². The van der Waals surface area contributed by atoms with Crippen molar-refractivity contribution in [2.45, 2.75) is 25.0 Å². The number of ether oxygens (including phenoxy) is 2. The van der Waals surface area contributed by atoms with E-state index < -0.39 is 6.10 Å². The first kappa shape index (κ1) is 12.9. The quantitative estimate of drug-likeness (QED) is 0.903. The average molecular weight is 272 g/mol. The maximum Gasteiger partial charge on any atom is 0.216 e. The molecular formula is C15H16N2O3. The lowest BCUT2D eigenvalue weighted by Crippen LogP contribution is -2.04. The third-order valence-electron chi connectivity index (χ3n) is 3.15. The number of aromatic nitrogens is 2. The molecule has 5 nitrogen and oxygen atoms in total. The SMILES string of the molecule is COc1cc(C(O)c2cccc(OC3CC3)c2)ncn1. The van der Waals surface area contributed by atoms with Gasteiger partial charge < -0.3 is 14.6 Å². The number of nitrogens with zero attached hydrogens (tertiary/aromatic N) is 2. The monoisotopic (exact) mass is 272 g/mol. The number of rotatable bonds is 5. The van der Waals surface area contributed by atoms with Gasteiger partial charge in [-0.1, -0.05) is 12.1 Å². The van der Waals surface area contributed by atoms with E-state index in [-0.39, 0.29) is 0 Å². The highest BCUT2D eigenvalue weighted by atomic mass is 16.5. The molecule has 1 N–H and O–H groups in total. The summed E-state index contributed by atoms with van der Waals surface area (Å²) in [5.41, 5.74) is 1.24. The van der Waals surface area contributed by atoms with Crippen LogP contribution >= 0.6 is 0 Å². The first-order chi connectivity index (χ1) is 9.76. The van der Waals surface area contributed by atoms with Crippen molar-refractivity contribution in [1.82, 2.24) is 9.97 Å². The lowest BCUT2D eigenvalue weighted by atomic mass is 10.1. The second-order valence-corrected chi connectivity index (χ2v) is 4.78. The number of hydrogen-bond acceptors (Lipinski definition) is 5. The van der Waals surface area contributed by atoms with Crippen LogP contribution in [0.1, 0.15) is 30.2 Å². The van der Waals surface area contributed by atoms with Gasteiger partial charge in [-0.2, -0.15) is 0 Å². The summed E-state index contributed by atoms with van der Waals surface area (Å²) in [6, 6.07) is 9.08. The Bertz CT molecular complexity index is 599. The molecule has 2 aromatic rings.